The third kappa shape index (κ3) is 6.35. The van der Waals surface area contributed by atoms with Crippen LogP contribution in [0, 0.1) is 5.82 Å². The number of hydrogen-bond donors (Lipinski definition) is 2. The number of amides is 1. The summed E-state index contributed by atoms with van der Waals surface area (Å²) in [4.78, 5) is 12.2. The zero-order valence-electron chi connectivity index (χ0n) is 15.7. The van der Waals surface area contributed by atoms with E-state index in [1.54, 1.807) is 19.1 Å². The fourth-order valence-corrected chi connectivity index (χ4v) is 3.36. The molecule has 0 saturated heterocycles. The van der Waals surface area contributed by atoms with Gasteiger partial charge in [-0.2, -0.15) is 0 Å². The molecule has 0 unspecified atom stereocenters. The second-order valence-electron chi connectivity index (χ2n) is 6.50. The second kappa shape index (κ2) is 9.21. The molecule has 0 fully saturated rings. The lowest BCUT2D eigenvalue weighted by Gasteiger charge is -2.17. The molecule has 2 N–H and O–H groups in total. The van der Waals surface area contributed by atoms with Crippen molar-refractivity contribution in [2.45, 2.75) is 25.9 Å². The zero-order valence-corrected chi connectivity index (χ0v) is 17.3. The lowest BCUT2D eigenvalue weighted by Crippen LogP contribution is -2.31. The SMILES string of the molecule is C[C@H](/C=C/S(C)(=O)=O)NC(=O)c1ccc(N[C@@H](C)c2ccccc2Cl)cc1F. The van der Waals surface area contributed by atoms with Crippen molar-refractivity contribution in [3.05, 3.63) is 75.9 Å². The summed E-state index contributed by atoms with van der Waals surface area (Å²) in [6.45, 7) is 3.49. The average Bonchev–Trinajstić information content (AvgIpc) is 2.59. The Morgan fingerprint density at radius 3 is 2.46 bits per heavy atom. The molecule has 2 atom stereocenters. The molecular formula is C20H22ClFN2O3S. The monoisotopic (exact) mass is 424 g/mol. The van der Waals surface area contributed by atoms with Crippen LogP contribution >= 0.6 is 11.6 Å². The normalized spacial score (nSPS) is 13.9. The Morgan fingerprint density at radius 1 is 1.18 bits per heavy atom. The van der Waals surface area contributed by atoms with Crippen LogP contribution in [-0.4, -0.2) is 26.6 Å². The number of rotatable bonds is 7. The maximum absolute atomic E-state index is 14.4. The molecule has 150 valence electrons. The Labute approximate surface area is 169 Å². The van der Waals surface area contributed by atoms with Crippen molar-refractivity contribution in [3.8, 4) is 0 Å². The minimum atomic E-state index is -3.29. The summed E-state index contributed by atoms with van der Waals surface area (Å²) in [5.41, 5.74) is 1.25. The van der Waals surface area contributed by atoms with Gasteiger partial charge >= 0.3 is 0 Å². The molecule has 0 spiro atoms. The smallest absolute Gasteiger partial charge is 0.254 e. The predicted octanol–water partition coefficient (Wildman–Crippen LogP) is 4.33. The van der Waals surface area contributed by atoms with Gasteiger partial charge in [0.15, 0.2) is 9.84 Å². The molecule has 0 saturated carbocycles. The second-order valence-corrected chi connectivity index (χ2v) is 8.84. The van der Waals surface area contributed by atoms with Crippen LogP contribution in [0.4, 0.5) is 10.1 Å². The molecule has 8 heteroatoms. The lowest BCUT2D eigenvalue weighted by molar-refractivity contribution is 0.0943. The molecule has 0 aromatic heterocycles. The molecule has 0 aliphatic carbocycles. The van der Waals surface area contributed by atoms with Crippen molar-refractivity contribution in [2.24, 2.45) is 0 Å². The van der Waals surface area contributed by atoms with Crippen molar-refractivity contribution >= 4 is 33.0 Å². The van der Waals surface area contributed by atoms with Gasteiger partial charge in [0.25, 0.3) is 5.91 Å². The predicted molar refractivity (Wildman–Crippen MR) is 111 cm³/mol. The van der Waals surface area contributed by atoms with Crippen LogP contribution in [0.5, 0.6) is 0 Å². The van der Waals surface area contributed by atoms with Gasteiger partial charge in [-0.05, 0) is 43.7 Å². The van der Waals surface area contributed by atoms with E-state index in [-0.39, 0.29) is 11.6 Å². The summed E-state index contributed by atoms with van der Waals surface area (Å²) in [6.07, 6.45) is 2.37. The Balaban J connectivity index is 2.08. The standard InChI is InChI=1S/C20H22ClFN2O3S/c1-13(10-11-28(3,26)27)23-20(25)17-9-8-15(12-19(17)22)24-14(2)16-6-4-5-7-18(16)21/h4-14,24H,1-3H3,(H,23,25)/b11-10+/t13-,14+/m1/s1. The first-order valence-corrected chi connectivity index (χ1v) is 10.9. The molecule has 1 amide bonds. The van der Waals surface area contributed by atoms with Crippen LogP contribution in [0.3, 0.4) is 0 Å². The molecule has 2 aromatic rings. The fourth-order valence-electron chi connectivity index (χ4n) is 2.54. The molecule has 2 aromatic carbocycles. The van der Waals surface area contributed by atoms with E-state index in [9.17, 15) is 17.6 Å². The third-order valence-corrected chi connectivity index (χ3v) is 4.94. The zero-order chi connectivity index (χ0) is 20.9. The van der Waals surface area contributed by atoms with Crippen LogP contribution in [-0.2, 0) is 9.84 Å². The van der Waals surface area contributed by atoms with Crippen LogP contribution in [0.15, 0.2) is 53.9 Å². The minimum Gasteiger partial charge on any atom is -0.378 e. The lowest BCUT2D eigenvalue weighted by atomic mass is 10.1. The number of benzene rings is 2. The van der Waals surface area contributed by atoms with E-state index in [2.05, 4.69) is 10.6 Å². The van der Waals surface area contributed by atoms with Crippen molar-refractivity contribution in [3.63, 3.8) is 0 Å². The number of hydrogen-bond acceptors (Lipinski definition) is 4. The van der Waals surface area contributed by atoms with Gasteiger partial charge in [0.05, 0.1) is 5.56 Å². The van der Waals surface area contributed by atoms with Crippen LogP contribution in [0.2, 0.25) is 5.02 Å². The van der Waals surface area contributed by atoms with Crippen molar-refractivity contribution < 1.29 is 17.6 Å². The Morgan fingerprint density at radius 2 is 1.86 bits per heavy atom. The van der Waals surface area contributed by atoms with Crippen molar-refractivity contribution in [2.75, 3.05) is 11.6 Å². The van der Waals surface area contributed by atoms with Crippen LogP contribution in [0.25, 0.3) is 0 Å². The van der Waals surface area contributed by atoms with Gasteiger partial charge in [-0.1, -0.05) is 35.9 Å². The molecule has 0 aliphatic rings. The first-order chi connectivity index (χ1) is 13.1. The summed E-state index contributed by atoms with van der Waals surface area (Å²) < 4.78 is 36.7. The topological polar surface area (TPSA) is 75.3 Å². The van der Waals surface area contributed by atoms with Gasteiger partial charge in [0.2, 0.25) is 0 Å². The molecule has 28 heavy (non-hydrogen) atoms. The highest BCUT2D eigenvalue weighted by Crippen LogP contribution is 2.26. The largest absolute Gasteiger partial charge is 0.378 e. The highest BCUT2D eigenvalue weighted by molar-refractivity contribution is 7.93. The minimum absolute atomic E-state index is 0.129. The molecule has 2 rings (SSSR count). The average molecular weight is 425 g/mol. The van der Waals surface area contributed by atoms with Gasteiger partial charge in [-0.3, -0.25) is 4.79 Å². The first kappa shape index (κ1) is 21.9. The summed E-state index contributed by atoms with van der Waals surface area (Å²) in [7, 11) is -3.29. The highest BCUT2D eigenvalue weighted by Gasteiger charge is 2.15. The van der Waals surface area contributed by atoms with E-state index in [1.165, 1.54) is 18.2 Å². The van der Waals surface area contributed by atoms with Crippen LogP contribution in [0.1, 0.15) is 35.8 Å². The third-order valence-electron chi connectivity index (χ3n) is 3.94. The number of carbonyl (C=O) groups is 1. The molecule has 0 bridgehead atoms. The van der Waals surface area contributed by atoms with Gasteiger partial charge in [-0.25, -0.2) is 12.8 Å². The molecule has 5 nitrogen and oxygen atoms in total. The number of carbonyl (C=O) groups excluding carboxylic acids is 1. The Bertz CT molecular complexity index is 993. The van der Waals surface area contributed by atoms with E-state index in [4.69, 9.17) is 11.6 Å². The summed E-state index contributed by atoms with van der Waals surface area (Å²) in [6, 6.07) is 10.8. The summed E-state index contributed by atoms with van der Waals surface area (Å²) in [5.74, 6) is -1.32. The van der Waals surface area contributed by atoms with Gasteiger partial charge < -0.3 is 10.6 Å². The molecule has 0 heterocycles. The first-order valence-electron chi connectivity index (χ1n) is 8.56. The Hall–Kier alpha value is -2.38. The van der Waals surface area contributed by atoms with Crippen LogP contribution < -0.4 is 10.6 Å². The number of sulfone groups is 1. The van der Waals surface area contributed by atoms with Gasteiger partial charge in [0.1, 0.15) is 5.82 Å². The van der Waals surface area contributed by atoms with Gasteiger partial charge in [0, 0.05) is 34.5 Å². The maximum Gasteiger partial charge on any atom is 0.254 e. The van der Waals surface area contributed by atoms with E-state index < -0.39 is 27.6 Å². The number of halogens is 2. The van der Waals surface area contributed by atoms with E-state index in [1.807, 2.05) is 25.1 Å². The fraction of sp³-hybridized carbons (Fsp3) is 0.250. The molecular weight excluding hydrogens is 403 g/mol. The van der Waals surface area contributed by atoms with Crippen molar-refractivity contribution in [1.29, 1.82) is 0 Å². The van der Waals surface area contributed by atoms with E-state index >= 15 is 0 Å². The van der Waals surface area contributed by atoms with Crippen molar-refractivity contribution in [1.82, 2.24) is 5.32 Å². The number of anilines is 1. The quantitative estimate of drug-likeness (QED) is 0.693. The number of nitrogens with one attached hydrogen (secondary N) is 2. The highest BCUT2D eigenvalue weighted by atomic mass is 35.5. The van der Waals surface area contributed by atoms with Gasteiger partial charge in [-0.15, -0.1) is 0 Å². The van der Waals surface area contributed by atoms with E-state index in [0.29, 0.717) is 10.7 Å². The maximum atomic E-state index is 14.4. The summed E-state index contributed by atoms with van der Waals surface area (Å²) in [5, 5.41) is 7.29. The van der Waals surface area contributed by atoms with E-state index in [0.717, 1.165) is 17.2 Å². The molecule has 0 aliphatic heterocycles. The Kier molecular flexibility index (Phi) is 7.21. The molecule has 0 radical (unpaired) electrons. The summed E-state index contributed by atoms with van der Waals surface area (Å²) >= 11 is 6.18.